The Hall–Kier alpha value is -1.12. The second kappa shape index (κ2) is 5.10. The molecule has 0 heterocycles. The van der Waals surface area contributed by atoms with E-state index in [1.54, 1.807) is 0 Å². The van der Waals surface area contributed by atoms with E-state index in [0.717, 1.165) is 23.7 Å². The number of rotatable bonds is 4. The number of hydrogen-bond acceptors (Lipinski definition) is 1. The third kappa shape index (κ3) is 2.90. The standard InChI is InChI=1S/C17H18BrN/c18-15-8-4-5-13(11-15)12-16(17(19)9-10-17)14-6-2-1-3-7-14/h1-8,11,16H,9-10,12,19H2. The first-order valence-corrected chi connectivity index (χ1v) is 7.55. The summed E-state index contributed by atoms with van der Waals surface area (Å²) in [6.45, 7) is 0. The molecule has 2 N–H and O–H groups in total. The van der Waals surface area contributed by atoms with Crippen molar-refractivity contribution in [3.05, 3.63) is 70.2 Å². The maximum atomic E-state index is 6.50. The molecule has 1 unspecified atom stereocenters. The van der Waals surface area contributed by atoms with Crippen LogP contribution in [0.1, 0.15) is 29.9 Å². The summed E-state index contributed by atoms with van der Waals surface area (Å²) in [5.41, 5.74) is 9.21. The Bertz CT molecular complexity index is 560. The monoisotopic (exact) mass is 315 g/mol. The van der Waals surface area contributed by atoms with E-state index in [1.807, 2.05) is 0 Å². The second-order valence-corrected chi connectivity index (χ2v) is 6.45. The molecule has 0 spiro atoms. The molecule has 1 saturated carbocycles. The number of benzene rings is 2. The van der Waals surface area contributed by atoms with Gasteiger partial charge in [-0.25, -0.2) is 0 Å². The van der Waals surface area contributed by atoms with Crippen molar-refractivity contribution in [3.63, 3.8) is 0 Å². The zero-order valence-electron chi connectivity index (χ0n) is 10.9. The molecule has 1 fully saturated rings. The van der Waals surface area contributed by atoms with E-state index in [0.29, 0.717) is 5.92 Å². The summed E-state index contributed by atoms with van der Waals surface area (Å²) in [4.78, 5) is 0. The Morgan fingerprint density at radius 3 is 2.42 bits per heavy atom. The normalized spacial score (nSPS) is 18.0. The minimum atomic E-state index is 0.00364. The highest BCUT2D eigenvalue weighted by Gasteiger charge is 2.46. The molecule has 19 heavy (non-hydrogen) atoms. The second-order valence-electron chi connectivity index (χ2n) is 5.53. The van der Waals surface area contributed by atoms with Crippen LogP contribution in [0.3, 0.4) is 0 Å². The molecule has 0 bridgehead atoms. The van der Waals surface area contributed by atoms with Gasteiger partial charge in [0, 0.05) is 15.9 Å². The van der Waals surface area contributed by atoms with Crippen molar-refractivity contribution >= 4 is 15.9 Å². The van der Waals surface area contributed by atoms with Gasteiger partial charge in [-0.05, 0) is 42.5 Å². The van der Waals surface area contributed by atoms with Crippen LogP contribution in [0.15, 0.2) is 59.1 Å². The Balaban J connectivity index is 1.89. The summed E-state index contributed by atoms with van der Waals surface area (Å²) >= 11 is 3.54. The smallest absolute Gasteiger partial charge is 0.0228 e. The maximum Gasteiger partial charge on any atom is 0.0228 e. The summed E-state index contributed by atoms with van der Waals surface area (Å²) in [6, 6.07) is 19.2. The van der Waals surface area contributed by atoms with Crippen LogP contribution >= 0.6 is 15.9 Å². The van der Waals surface area contributed by atoms with Gasteiger partial charge in [0.2, 0.25) is 0 Å². The van der Waals surface area contributed by atoms with Gasteiger partial charge >= 0.3 is 0 Å². The Morgan fingerprint density at radius 1 is 1.05 bits per heavy atom. The van der Waals surface area contributed by atoms with E-state index in [1.165, 1.54) is 11.1 Å². The van der Waals surface area contributed by atoms with Crippen molar-refractivity contribution in [3.8, 4) is 0 Å². The highest BCUT2D eigenvalue weighted by molar-refractivity contribution is 9.10. The first-order chi connectivity index (χ1) is 9.17. The van der Waals surface area contributed by atoms with E-state index >= 15 is 0 Å². The Morgan fingerprint density at radius 2 is 1.79 bits per heavy atom. The van der Waals surface area contributed by atoms with Crippen LogP contribution in [0.4, 0.5) is 0 Å². The van der Waals surface area contributed by atoms with E-state index in [-0.39, 0.29) is 5.54 Å². The van der Waals surface area contributed by atoms with Crippen molar-refractivity contribution in [2.24, 2.45) is 5.73 Å². The average molecular weight is 316 g/mol. The lowest BCUT2D eigenvalue weighted by molar-refractivity contribution is 0.516. The van der Waals surface area contributed by atoms with Gasteiger partial charge < -0.3 is 5.73 Å². The largest absolute Gasteiger partial charge is 0.325 e. The fraction of sp³-hybridized carbons (Fsp3) is 0.294. The SMILES string of the molecule is NC1(C(Cc2cccc(Br)c2)c2ccccc2)CC1. The molecule has 0 aliphatic heterocycles. The molecule has 0 radical (unpaired) electrons. The fourth-order valence-corrected chi connectivity index (χ4v) is 3.18. The van der Waals surface area contributed by atoms with Gasteiger partial charge in [0.25, 0.3) is 0 Å². The molecule has 1 atom stereocenters. The summed E-state index contributed by atoms with van der Waals surface area (Å²) in [5, 5.41) is 0. The van der Waals surface area contributed by atoms with Crippen molar-refractivity contribution in [1.29, 1.82) is 0 Å². The first-order valence-electron chi connectivity index (χ1n) is 6.76. The minimum absolute atomic E-state index is 0.00364. The predicted octanol–water partition coefficient (Wildman–Crippen LogP) is 4.27. The third-order valence-corrected chi connectivity index (χ3v) is 4.55. The summed E-state index contributed by atoms with van der Waals surface area (Å²) in [6.07, 6.45) is 3.29. The van der Waals surface area contributed by atoms with Crippen molar-refractivity contribution in [1.82, 2.24) is 0 Å². The van der Waals surface area contributed by atoms with Gasteiger partial charge in [-0.1, -0.05) is 58.4 Å². The Labute approximate surface area is 123 Å². The van der Waals surface area contributed by atoms with Crippen molar-refractivity contribution in [2.75, 3.05) is 0 Å². The van der Waals surface area contributed by atoms with Crippen LogP contribution < -0.4 is 5.73 Å². The molecule has 3 rings (SSSR count). The van der Waals surface area contributed by atoms with Gasteiger partial charge in [0.1, 0.15) is 0 Å². The maximum absolute atomic E-state index is 6.50. The first kappa shape index (κ1) is 12.9. The van der Waals surface area contributed by atoms with Gasteiger partial charge in [-0.2, -0.15) is 0 Å². The highest BCUT2D eigenvalue weighted by Crippen LogP contribution is 2.46. The molecule has 2 aromatic carbocycles. The van der Waals surface area contributed by atoms with Gasteiger partial charge in [0.05, 0.1) is 0 Å². The lowest BCUT2D eigenvalue weighted by Gasteiger charge is -2.24. The zero-order valence-corrected chi connectivity index (χ0v) is 12.4. The molecule has 1 aliphatic rings. The van der Waals surface area contributed by atoms with Crippen LogP contribution in [0.5, 0.6) is 0 Å². The summed E-state index contributed by atoms with van der Waals surface area (Å²) in [5.74, 6) is 0.419. The van der Waals surface area contributed by atoms with Gasteiger partial charge in [-0.3, -0.25) is 0 Å². The molecule has 0 saturated heterocycles. The molecular weight excluding hydrogens is 298 g/mol. The predicted molar refractivity (Wildman–Crippen MR) is 83.2 cm³/mol. The summed E-state index contributed by atoms with van der Waals surface area (Å²) in [7, 11) is 0. The average Bonchev–Trinajstić information content (AvgIpc) is 3.16. The van der Waals surface area contributed by atoms with E-state index in [2.05, 4.69) is 70.5 Å². The lowest BCUT2D eigenvalue weighted by atomic mass is 9.84. The van der Waals surface area contributed by atoms with Crippen LogP contribution in [0, 0.1) is 0 Å². The molecule has 1 aliphatic carbocycles. The topological polar surface area (TPSA) is 26.0 Å². The van der Waals surface area contributed by atoms with Gasteiger partial charge in [-0.15, -0.1) is 0 Å². The van der Waals surface area contributed by atoms with E-state index in [9.17, 15) is 0 Å². The molecule has 2 heteroatoms. The molecule has 0 aromatic heterocycles. The highest BCUT2D eigenvalue weighted by atomic mass is 79.9. The third-order valence-electron chi connectivity index (χ3n) is 4.05. The fourth-order valence-electron chi connectivity index (χ4n) is 2.73. The summed E-state index contributed by atoms with van der Waals surface area (Å²) < 4.78 is 1.14. The molecule has 1 nitrogen and oxygen atoms in total. The van der Waals surface area contributed by atoms with E-state index in [4.69, 9.17) is 5.73 Å². The van der Waals surface area contributed by atoms with Crippen LogP contribution in [-0.2, 0) is 6.42 Å². The Kier molecular flexibility index (Phi) is 3.46. The minimum Gasteiger partial charge on any atom is -0.325 e. The lowest BCUT2D eigenvalue weighted by Crippen LogP contribution is -2.32. The number of hydrogen-bond donors (Lipinski definition) is 1. The molecular formula is C17H18BrN. The molecule has 2 aromatic rings. The number of nitrogens with two attached hydrogens (primary N) is 1. The zero-order chi connectivity index (χ0) is 13.3. The van der Waals surface area contributed by atoms with E-state index < -0.39 is 0 Å². The van der Waals surface area contributed by atoms with Crippen molar-refractivity contribution < 1.29 is 0 Å². The van der Waals surface area contributed by atoms with Crippen molar-refractivity contribution in [2.45, 2.75) is 30.7 Å². The molecule has 0 amide bonds. The van der Waals surface area contributed by atoms with Crippen LogP contribution in [-0.4, -0.2) is 5.54 Å². The quantitative estimate of drug-likeness (QED) is 0.896. The van der Waals surface area contributed by atoms with Crippen LogP contribution in [0.25, 0.3) is 0 Å². The molecule has 98 valence electrons. The van der Waals surface area contributed by atoms with Gasteiger partial charge in [0.15, 0.2) is 0 Å². The van der Waals surface area contributed by atoms with Crippen LogP contribution in [0.2, 0.25) is 0 Å². The number of halogens is 1.